The number of carboxylic acids is 1. The van der Waals surface area contributed by atoms with E-state index in [0.29, 0.717) is 17.4 Å². The maximum atomic E-state index is 11.9. The van der Waals surface area contributed by atoms with Gasteiger partial charge in [-0.25, -0.2) is 4.79 Å². The van der Waals surface area contributed by atoms with Crippen LogP contribution in [0.15, 0.2) is 17.5 Å². The van der Waals surface area contributed by atoms with Crippen LogP contribution in [0, 0.1) is 0 Å². The summed E-state index contributed by atoms with van der Waals surface area (Å²) in [4.78, 5) is 25.6. The molecular formula is C11H13NO3S3. The number of carbonyl (C=O) groups excluding carboxylic acids is 1. The Morgan fingerprint density at radius 3 is 3.06 bits per heavy atom. The van der Waals surface area contributed by atoms with Gasteiger partial charge in [-0.05, 0) is 11.4 Å². The standard InChI is InChI=1S/C11H13NO3S3/c13-10(6-16-4-8-2-1-3-18-8)12-7-17-5-9(12)11(14)15/h1-3,9H,4-7H2,(H,14,15)/t9-/m0/s1. The average Bonchev–Trinajstić information content (AvgIpc) is 2.99. The van der Waals surface area contributed by atoms with Gasteiger partial charge in [-0.15, -0.1) is 34.9 Å². The van der Waals surface area contributed by atoms with Gasteiger partial charge in [-0.3, -0.25) is 4.79 Å². The summed E-state index contributed by atoms with van der Waals surface area (Å²) in [5.41, 5.74) is 0. The summed E-state index contributed by atoms with van der Waals surface area (Å²) >= 11 is 4.70. The molecule has 1 aliphatic heterocycles. The van der Waals surface area contributed by atoms with E-state index in [1.807, 2.05) is 17.5 Å². The quantitative estimate of drug-likeness (QED) is 0.901. The molecule has 2 heterocycles. The first-order chi connectivity index (χ1) is 8.68. The van der Waals surface area contributed by atoms with Crippen molar-refractivity contribution in [1.82, 2.24) is 4.90 Å². The minimum atomic E-state index is -0.906. The van der Waals surface area contributed by atoms with Gasteiger partial charge in [0.1, 0.15) is 6.04 Å². The highest BCUT2D eigenvalue weighted by atomic mass is 32.2. The zero-order valence-electron chi connectivity index (χ0n) is 9.57. The van der Waals surface area contributed by atoms with E-state index in [1.165, 1.54) is 33.3 Å². The zero-order chi connectivity index (χ0) is 13.0. The normalized spacial score (nSPS) is 19.1. The molecule has 1 aromatic heterocycles. The Hall–Kier alpha value is -0.660. The van der Waals surface area contributed by atoms with E-state index in [2.05, 4.69) is 0 Å². The zero-order valence-corrected chi connectivity index (χ0v) is 12.0. The van der Waals surface area contributed by atoms with Crippen LogP contribution in [0.5, 0.6) is 0 Å². The molecule has 18 heavy (non-hydrogen) atoms. The molecule has 1 aromatic rings. The number of thioether (sulfide) groups is 2. The van der Waals surface area contributed by atoms with E-state index in [4.69, 9.17) is 5.11 Å². The fourth-order valence-electron chi connectivity index (χ4n) is 1.61. The van der Waals surface area contributed by atoms with Crippen molar-refractivity contribution in [2.24, 2.45) is 0 Å². The summed E-state index contributed by atoms with van der Waals surface area (Å²) in [6, 6.07) is 3.37. The molecule has 0 aliphatic carbocycles. The van der Waals surface area contributed by atoms with Gasteiger partial charge in [-0.2, -0.15) is 0 Å². The second-order valence-electron chi connectivity index (χ2n) is 3.79. The first-order valence-corrected chi connectivity index (χ1v) is 8.57. The van der Waals surface area contributed by atoms with Gasteiger partial charge >= 0.3 is 5.97 Å². The van der Waals surface area contributed by atoms with Crippen LogP contribution in [0.3, 0.4) is 0 Å². The van der Waals surface area contributed by atoms with Crippen molar-refractivity contribution in [3.8, 4) is 0 Å². The van der Waals surface area contributed by atoms with E-state index in [9.17, 15) is 9.59 Å². The second-order valence-corrected chi connectivity index (χ2v) is 6.81. The van der Waals surface area contributed by atoms with Crippen molar-refractivity contribution >= 4 is 46.7 Å². The lowest BCUT2D eigenvalue weighted by Gasteiger charge is -2.20. The summed E-state index contributed by atoms with van der Waals surface area (Å²) < 4.78 is 0. The molecule has 0 aromatic carbocycles. The van der Waals surface area contributed by atoms with Crippen molar-refractivity contribution in [1.29, 1.82) is 0 Å². The Kier molecular flexibility index (Phi) is 4.96. The number of aliphatic carboxylic acids is 1. The van der Waals surface area contributed by atoms with Gasteiger partial charge in [0.05, 0.1) is 11.6 Å². The lowest BCUT2D eigenvalue weighted by molar-refractivity contribution is -0.146. The van der Waals surface area contributed by atoms with E-state index >= 15 is 0 Å². The van der Waals surface area contributed by atoms with Crippen molar-refractivity contribution in [3.05, 3.63) is 22.4 Å². The van der Waals surface area contributed by atoms with Gasteiger partial charge in [0.25, 0.3) is 0 Å². The molecule has 98 valence electrons. The van der Waals surface area contributed by atoms with Gasteiger partial charge in [0.15, 0.2) is 0 Å². The maximum absolute atomic E-state index is 11.9. The maximum Gasteiger partial charge on any atom is 0.327 e. The van der Waals surface area contributed by atoms with E-state index in [-0.39, 0.29) is 5.91 Å². The van der Waals surface area contributed by atoms with Crippen LogP contribution in [0.1, 0.15) is 4.88 Å². The Morgan fingerprint density at radius 2 is 2.39 bits per heavy atom. The summed E-state index contributed by atoms with van der Waals surface area (Å²) in [6.07, 6.45) is 0. The smallest absolute Gasteiger partial charge is 0.327 e. The van der Waals surface area contributed by atoms with Crippen molar-refractivity contribution in [2.75, 3.05) is 17.4 Å². The summed E-state index contributed by atoms with van der Waals surface area (Å²) in [6.45, 7) is 0. The highest BCUT2D eigenvalue weighted by Gasteiger charge is 2.34. The predicted molar refractivity (Wildman–Crippen MR) is 76.1 cm³/mol. The molecule has 0 bridgehead atoms. The first kappa shape index (κ1) is 13.8. The van der Waals surface area contributed by atoms with Gasteiger partial charge < -0.3 is 10.0 Å². The number of nitrogens with zero attached hydrogens (tertiary/aromatic N) is 1. The van der Waals surface area contributed by atoms with E-state index < -0.39 is 12.0 Å². The summed E-state index contributed by atoms with van der Waals surface area (Å²) in [7, 11) is 0. The number of carboxylic acid groups (broad SMARTS) is 1. The number of hydrogen-bond acceptors (Lipinski definition) is 5. The Morgan fingerprint density at radius 1 is 1.56 bits per heavy atom. The largest absolute Gasteiger partial charge is 0.480 e. The van der Waals surface area contributed by atoms with Crippen molar-refractivity contribution in [2.45, 2.75) is 11.8 Å². The van der Waals surface area contributed by atoms with Gasteiger partial charge in [-0.1, -0.05) is 6.07 Å². The molecule has 0 spiro atoms. The van der Waals surface area contributed by atoms with Gasteiger partial charge in [0.2, 0.25) is 5.91 Å². The molecule has 1 aliphatic rings. The third-order valence-electron chi connectivity index (χ3n) is 2.54. The lowest BCUT2D eigenvalue weighted by atomic mass is 10.3. The Bertz CT molecular complexity index is 421. The highest BCUT2D eigenvalue weighted by molar-refractivity contribution is 7.99. The molecule has 0 unspecified atom stereocenters. The summed E-state index contributed by atoms with van der Waals surface area (Å²) in [5.74, 6) is 1.17. The molecule has 1 atom stereocenters. The molecule has 1 N–H and O–H groups in total. The molecule has 0 radical (unpaired) electrons. The number of carbonyl (C=O) groups is 2. The Labute approximate surface area is 118 Å². The van der Waals surface area contributed by atoms with Crippen LogP contribution in [0.2, 0.25) is 0 Å². The topological polar surface area (TPSA) is 57.6 Å². The highest BCUT2D eigenvalue weighted by Crippen LogP contribution is 2.23. The minimum absolute atomic E-state index is 0.0750. The van der Waals surface area contributed by atoms with E-state index in [0.717, 1.165) is 5.75 Å². The SMILES string of the molecule is O=C(O)[C@@H]1CSCN1C(=O)CSCc1cccs1. The number of hydrogen-bond donors (Lipinski definition) is 1. The van der Waals surface area contributed by atoms with Crippen LogP contribution < -0.4 is 0 Å². The number of thiophene rings is 1. The first-order valence-electron chi connectivity index (χ1n) is 5.38. The molecule has 2 rings (SSSR count). The molecule has 4 nitrogen and oxygen atoms in total. The van der Waals surface area contributed by atoms with Crippen LogP contribution in [-0.4, -0.2) is 45.3 Å². The predicted octanol–water partition coefficient (Wildman–Crippen LogP) is 1.97. The Balaban J connectivity index is 1.79. The van der Waals surface area contributed by atoms with Gasteiger partial charge in [0, 0.05) is 16.4 Å². The molecule has 1 amide bonds. The molecule has 1 fully saturated rings. The van der Waals surface area contributed by atoms with E-state index in [1.54, 1.807) is 11.3 Å². The summed E-state index contributed by atoms with van der Waals surface area (Å²) in [5, 5.41) is 11.0. The third kappa shape index (κ3) is 3.43. The molecule has 1 saturated heterocycles. The number of amides is 1. The van der Waals surface area contributed by atoms with Crippen LogP contribution in [0.25, 0.3) is 0 Å². The van der Waals surface area contributed by atoms with Crippen LogP contribution in [0.4, 0.5) is 0 Å². The van der Waals surface area contributed by atoms with Crippen molar-refractivity contribution < 1.29 is 14.7 Å². The molecular weight excluding hydrogens is 290 g/mol. The van der Waals surface area contributed by atoms with Crippen LogP contribution >= 0.6 is 34.9 Å². The number of rotatable bonds is 5. The van der Waals surface area contributed by atoms with Crippen LogP contribution in [-0.2, 0) is 15.3 Å². The second kappa shape index (κ2) is 6.49. The fourth-order valence-corrected chi connectivity index (χ4v) is 4.53. The minimum Gasteiger partial charge on any atom is -0.480 e. The molecule has 0 saturated carbocycles. The monoisotopic (exact) mass is 303 g/mol. The lowest BCUT2D eigenvalue weighted by Crippen LogP contribution is -2.42. The average molecular weight is 303 g/mol. The fraction of sp³-hybridized carbons (Fsp3) is 0.455. The van der Waals surface area contributed by atoms with Crippen molar-refractivity contribution in [3.63, 3.8) is 0 Å². The third-order valence-corrected chi connectivity index (χ3v) is 5.58. The molecule has 7 heteroatoms.